The Balaban J connectivity index is 3.45. The molecule has 3 nitrogen and oxygen atoms in total. The largest absolute Gasteiger partial charge is 0.478 e. The number of carboxylic acids is 1. The SMILES string of the molecule is CC(C)c1cc(C(=O)O)c(N)c(C(C)C)c1. The number of nitrogen functional groups attached to an aromatic ring is 1. The minimum absolute atomic E-state index is 0.218. The number of hydrogen-bond donors (Lipinski definition) is 2. The van der Waals surface area contributed by atoms with Crippen LogP contribution in [0.1, 0.15) is 61.0 Å². The summed E-state index contributed by atoms with van der Waals surface area (Å²) in [5.74, 6) is -0.421. The van der Waals surface area contributed by atoms with Gasteiger partial charge in [0.05, 0.1) is 5.56 Å². The van der Waals surface area contributed by atoms with Gasteiger partial charge in [-0.1, -0.05) is 33.8 Å². The number of anilines is 1. The predicted octanol–water partition coefficient (Wildman–Crippen LogP) is 3.21. The highest BCUT2D eigenvalue weighted by Crippen LogP contribution is 2.29. The average Bonchev–Trinajstić information content (AvgIpc) is 2.16. The molecule has 0 radical (unpaired) electrons. The Morgan fingerprint density at radius 1 is 1.19 bits per heavy atom. The molecule has 0 heterocycles. The zero-order valence-corrected chi connectivity index (χ0v) is 10.2. The van der Waals surface area contributed by atoms with Crippen molar-refractivity contribution in [3.05, 3.63) is 28.8 Å². The van der Waals surface area contributed by atoms with Crippen LogP contribution in [0.4, 0.5) is 5.69 Å². The lowest BCUT2D eigenvalue weighted by Gasteiger charge is -2.16. The van der Waals surface area contributed by atoms with Crippen molar-refractivity contribution in [1.29, 1.82) is 0 Å². The molecule has 0 aliphatic carbocycles. The second-order valence-electron chi connectivity index (χ2n) is 4.69. The normalized spacial score (nSPS) is 11.1. The molecule has 3 N–H and O–H groups in total. The smallest absolute Gasteiger partial charge is 0.337 e. The second-order valence-corrected chi connectivity index (χ2v) is 4.69. The lowest BCUT2D eigenvalue weighted by atomic mass is 9.91. The third kappa shape index (κ3) is 2.35. The highest BCUT2D eigenvalue weighted by atomic mass is 16.4. The minimum atomic E-state index is -0.957. The van der Waals surface area contributed by atoms with Crippen LogP contribution in [0.5, 0.6) is 0 Å². The molecule has 3 heteroatoms. The Bertz CT molecular complexity index is 409. The maximum absolute atomic E-state index is 11.1. The van der Waals surface area contributed by atoms with E-state index in [9.17, 15) is 4.79 Å². The van der Waals surface area contributed by atoms with E-state index in [2.05, 4.69) is 0 Å². The van der Waals surface area contributed by atoms with Crippen LogP contribution in [0.3, 0.4) is 0 Å². The summed E-state index contributed by atoms with van der Waals surface area (Å²) < 4.78 is 0. The van der Waals surface area contributed by atoms with E-state index in [0.29, 0.717) is 11.6 Å². The molecule has 0 fully saturated rings. The topological polar surface area (TPSA) is 63.3 Å². The molecule has 0 aromatic heterocycles. The summed E-state index contributed by atoms with van der Waals surface area (Å²) in [6.45, 7) is 8.12. The molecule has 0 aliphatic heterocycles. The molecular weight excluding hydrogens is 202 g/mol. The summed E-state index contributed by atoms with van der Waals surface area (Å²) in [6.07, 6.45) is 0. The number of benzene rings is 1. The zero-order valence-electron chi connectivity index (χ0n) is 10.2. The molecule has 0 unspecified atom stereocenters. The predicted molar refractivity (Wildman–Crippen MR) is 66.0 cm³/mol. The fourth-order valence-corrected chi connectivity index (χ4v) is 1.69. The highest BCUT2D eigenvalue weighted by Gasteiger charge is 2.16. The van der Waals surface area contributed by atoms with Crippen molar-refractivity contribution in [1.82, 2.24) is 0 Å². The zero-order chi connectivity index (χ0) is 12.5. The molecule has 0 aliphatic rings. The Morgan fingerprint density at radius 3 is 2.12 bits per heavy atom. The third-order valence-corrected chi connectivity index (χ3v) is 2.75. The first-order valence-corrected chi connectivity index (χ1v) is 5.51. The average molecular weight is 221 g/mol. The Kier molecular flexibility index (Phi) is 3.58. The number of rotatable bonds is 3. The van der Waals surface area contributed by atoms with Crippen LogP contribution in [0.15, 0.2) is 12.1 Å². The van der Waals surface area contributed by atoms with Crippen LogP contribution in [-0.2, 0) is 0 Å². The first-order chi connectivity index (χ1) is 7.34. The molecule has 1 rings (SSSR count). The summed E-state index contributed by atoms with van der Waals surface area (Å²) in [6, 6.07) is 3.69. The standard InChI is InChI=1S/C13H19NO2/c1-7(2)9-5-10(8(3)4)12(14)11(6-9)13(15)16/h5-8H,14H2,1-4H3,(H,15,16). The first-order valence-electron chi connectivity index (χ1n) is 5.51. The van der Waals surface area contributed by atoms with Gasteiger partial charge in [-0.2, -0.15) is 0 Å². The van der Waals surface area contributed by atoms with E-state index in [4.69, 9.17) is 10.8 Å². The van der Waals surface area contributed by atoms with Crippen molar-refractivity contribution in [2.24, 2.45) is 0 Å². The number of hydrogen-bond acceptors (Lipinski definition) is 2. The van der Waals surface area contributed by atoms with Gasteiger partial charge < -0.3 is 10.8 Å². The van der Waals surface area contributed by atoms with Gasteiger partial charge in [-0.25, -0.2) is 4.79 Å². The molecule has 16 heavy (non-hydrogen) atoms. The van der Waals surface area contributed by atoms with Crippen LogP contribution < -0.4 is 5.73 Å². The van der Waals surface area contributed by atoms with Gasteiger partial charge in [0.25, 0.3) is 0 Å². The molecule has 0 atom stereocenters. The van der Waals surface area contributed by atoms with Gasteiger partial charge in [0.2, 0.25) is 0 Å². The maximum Gasteiger partial charge on any atom is 0.337 e. The Hall–Kier alpha value is -1.51. The van der Waals surface area contributed by atoms with Gasteiger partial charge in [0, 0.05) is 5.69 Å². The molecule has 0 spiro atoms. The fourth-order valence-electron chi connectivity index (χ4n) is 1.69. The number of carbonyl (C=O) groups is 1. The van der Waals surface area contributed by atoms with Gasteiger partial charge >= 0.3 is 5.97 Å². The molecular formula is C13H19NO2. The summed E-state index contributed by atoms with van der Waals surface area (Å²) in [5.41, 5.74) is 8.43. The van der Waals surface area contributed by atoms with Gasteiger partial charge in [-0.15, -0.1) is 0 Å². The van der Waals surface area contributed by atoms with E-state index < -0.39 is 5.97 Å². The van der Waals surface area contributed by atoms with E-state index in [1.165, 1.54) is 0 Å². The first kappa shape index (κ1) is 12.6. The fraction of sp³-hybridized carbons (Fsp3) is 0.462. The minimum Gasteiger partial charge on any atom is -0.478 e. The summed E-state index contributed by atoms with van der Waals surface area (Å²) in [7, 11) is 0. The quantitative estimate of drug-likeness (QED) is 0.770. The monoisotopic (exact) mass is 221 g/mol. The van der Waals surface area contributed by atoms with Crippen LogP contribution in [0.2, 0.25) is 0 Å². The Morgan fingerprint density at radius 2 is 1.75 bits per heavy atom. The summed E-state index contributed by atoms with van der Waals surface area (Å²) in [5, 5.41) is 9.10. The molecule has 0 saturated carbocycles. The van der Waals surface area contributed by atoms with E-state index in [1.54, 1.807) is 6.07 Å². The summed E-state index contributed by atoms with van der Waals surface area (Å²) in [4.78, 5) is 11.1. The van der Waals surface area contributed by atoms with Gasteiger partial charge in [-0.05, 0) is 29.0 Å². The molecule has 0 saturated heterocycles. The lowest BCUT2D eigenvalue weighted by Crippen LogP contribution is -2.08. The molecule has 0 amide bonds. The molecule has 1 aromatic rings. The lowest BCUT2D eigenvalue weighted by molar-refractivity contribution is 0.0698. The van der Waals surface area contributed by atoms with Crippen LogP contribution in [0.25, 0.3) is 0 Å². The van der Waals surface area contributed by atoms with Crippen LogP contribution in [-0.4, -0.2) is 11.1 Å². The number of aromatic carboxylic acids is 1. The van der Waals surface area contributed by atoms with Crippen LogP contribution >= 0.6 is 0 Å². The molecule has 0 bridgehead atoms. The summed E-state index contributed by atoms with van der Waals surface area (Å²) >= 11 is 0. The number of carboxylic acid groups (broad SMARTS) is 1. The van der Waals surface area contributed by atoms with E-state index in [0.717, 1.165) is 11.1 Å². The van der Waals surface area contributed by atoms with Crippen molar-refractivity contribution in [3.8, 4) is 0 Å². The number of nitrogens with two attached hydrogens (primary N) is 1. The van der Waals surface area contributed by atoms with E-state index >= 15 is 0 Å². The highest BCUT2D eigenvalue weighted by molar-refractivity contribution is 5.94. The van der Waals surface area contributed by atoms with Gasteiger partial charge in [-0.3, -0.25) is 0 Å². The molecule has 1 aromatic carbocycles. The van der Waals surface area contributed by atoms with Crippen molar-refractivity contribution >= 4 is 11.7 Å². The molecule has 88 valence electrons. The van der Waals surface area contributed by atoms with Gasteiger partial charge in [0.1, 0.15) is 0 Å². The van der Waals surface area contributed by atoms with Crippen molar-refractivity contribution in [3.63, 3.8) is 0 Å². The van der Waals surface area contributed by atoms with Crippen molar-refractivity contribution in [2.45, 2.75) is 39.5 Å². The Labute approximate surface area is 96.3 Å². The van der Waals surface area contributed by atoms with E-state index in [-0.39, 0.29) is 11.5 Å². The van der Waals surface area contributed by atoms with Gasteiger partial charge in [0.15, 0.2) is 0 Å². The van der Waals surface area contributed by atoms with E-state index in [1.807, 2.05) is 33.8 Å². The van der Waals surface area contributed by atoms with Crippen molar-refractivity contribution < 1.29 is 9.90 Å². The van der Waals surface area contributed by atoms with Crippen molar-refractivity contribution in [2.75, 3.05) is 5.73 Å². The third-order valence-electron chi connectivity index (χ3n) is 2.75. The maximum atomic E-state index is 11.1. The second kappa shape index (κ2) is 4.56. The van der Waals surface area contributed by atoms with Crippen LogP contribution in [0, 0.1) is 0 Å².